The van der Waals surface area contributed by atoms with Crippen LogP contribution in [0, 0.1) is 23.6 Å². The first-order valence-electron chi connectivity index (χ1n) is 10.4. The van der Waals surface area contributed by atoms with E-state index in [4.69, 9.17) is 0 Å². The number of hydrogen-bond acceptors (Lipinski definition) is 2. The quantitative estimate of drug-likeness (QED) is 0.875. The zero-order valence-corrected chi connectivity index (χ0v) is 16.0. The number of carbonyl (C=O) groups is 2. The van der Waals surface area contributed by atoms with Crippen LogP contribution in [0.2, 0.25) is 0 Å². The monoisotopic (exact) mass is 372 g/mol. The molecular weight excluding hydrogens is 343 g/mol. The molecule has 3 aliphatic rings. The van der Waals surface area contributed by atoms with Crippen molar-refractivity contribution >= 4 is 11.8 Å². The van der Waals surface area contributed by atoms with Gasteiger partial charge in [0.25, 0.3) is 5.91 Å². The molecular formula is C22H29FN2O2. The fourth-order valence-electron chi connectivity index (χ4n) is 5.64. The van der Waals surface area contributed by atoms with Gasteiger partial charge in [-0.1, -0.05) is 26.2 Å². The lowest BCUT2D eigenvalue weighted by Gasteiger charge is -2.35. The number of likely N-dealkylation sites (tertiary alicyclic amines) is 1. The molecule has 2 saturated carbocycles. The van der Waals surface area contributed by atoms with Crippen LogP contribution < -0.4 is 5.32 Å². The van der Waals surface area contributed by atoms with Crippen LogP contribution in [0.4, 0.5) is 4.39 Å². The molecule has 1 saturated heterocycles. The molecule has 1 aromatic rings. The Balaban J connectivity index is 1.40. The molecule has 2 aliphatic carbocycles. The van der Waals surface area contributed by atoms with Crippen LogP contribution in [-0.4, -0.2) is 35.3 Å². The van der Waals surface area contributed by atoms with Crippen molar-refractivity contribution in [2.75, 3.05) is 6.54 Å². The largest absolute Gasteiger partial charge is 0.352 e. The third-order valence-electron chi connectivity index (χ3n) is 7.02. The van der Waals surface area contributed by atoms with E-state index in [1.54, 1.807) is 0 Å². The number of halogens is 1. The molecule has 3 fully saturated rings. The molecule has 2 amide bonds. The van der Waals surface area contributed by atoms with E-state index in [1.807, 2.05) is 0 Å². The average molecular weight is 372 g/mol. The third kappa shape index (κ3) is 3.61. The summed E-state index contributed by atoms with van der Waals surface area (Å²) in [5, 5.41) is 3.02. The van der Waals surface area contributed by atoms with Crippen LogP contribution in [-0.2, 0) is 4.79 Å². The van der Waals surface area contributed by atoms with E-state index in [0.717, 1.165) is 19.3 Å². The Hall–Kier alpha value is -1.91. The van der Waals surface area contributed by atoms with Gasteiger partial charge in [0, 0.05) is 30.6 Å². The van der Waals surface area contributed by atoms with Gasteiger partial charge in [-0.3, -0.25) is 9.59 Å². The van der Waals surface area contributed by atoms with E-state index in [2.05, 4.69) is 17.1 Å². The number of amides is 2. The first-order valence-corrected chi connectivity index (χ1v) is 10.4. The van der Waals surface area contributed by atoms with Crippen LogP contribution in [0.15, 0.2) is 24.3 Å². The van der Waals surface area contributed by atoms with Crippen LogP contribution in [0.5, 0.6) is 0 Å². The van der Waals surface area contributed by atoms with Crippen molar-refractivity contribution in [3.63, 3.8) is 0 Å². The molecule has 4 nitrogen and oxygen atoms in total. The molecule has 4 atom stereocenters. The third-order valence-corrected chi connectivity index (χ3v) is 7.02. The Morgan fingerprint density at radius 1 is 1.19 bits per heavy atom. The van der Waals surface area contributed by atoms with E-state index >= 15 is 0 Å². The van der Waals surface area contributed by atoms with Crippen molar-refractivity contribution < 1.29 is 14.0 Å². The van der Waals surface area contributed by atoms with Crippen LogP contribution in [0.25, 0.3) is 0 Å². The van der Waals surface area contributed by atoms with E-state index in [0.29, 0.717) is 54.3 Å². The van der Waals surface area contributed by atoms with E-state index in [9.17, 15) is 14.0 Å². The number of nitrogens with one attached hydrogen (secondary N) is 1. The zero-order valence-electron chi connectivity index (χ0n) is 16.0. The molecule has 1 aromatic carbocycles. The molecule has 0 aromatic heterocycles. The smallest absolute Gasteiger partial charge is 0.251 e. The topological polar surface area (TPSA) is 49.4 Å². The molecule has 1 N–H and O–H groups in total. The summed E-state index contributed by atoms with van der Waals surface area (Å²) < 4.78 is 13.0. The fraction of sp³-hybridized carbons (Fsp3) is 0.636. The van der Waals surface area contributed by atoms with Crippen molar-refractivity contribution in [2.45, 2.75) is 64.0 Å². The van der Waals surface area contributed by atoms with Crippen LogP contribution >= 0.6 is 0 Å². The maximum atomic E-state index is 13.0. The molecule has 27 heavy (non-hydrogen) atoms. The molecule has 0 spiro atoms. The average Bonchev–Trinajstić information content (AvgIpc) is 3.13. The van der Waals surface area contributed by atoms with Gasteiger partial charge in [-0.15, -0.1) is 0 Å². The molecule has 1 heterocycles. The maximum absolute atomic E-state index is 13.0. The number of nitrogens with zero attached hydrogens (tertiary/aromatic N) is 1. The van der Waals surface area contributed by atoms with Crippen molar-refractivity contribution in [3.8, 4) is 0 Å². The lowest BCUT2D eigenvalue weighted by atomic mass is 9.88. The second-order valence-electron chi connectivity index (χ2n) is 8.62. The Labute approximate surface area is 160 Å². The van der Waals surface area contributed by atoms with E-state index < -0.39 is 0 Å². The highest BCUT2D eigenvalue weighted by Gasteiger charge is 2.52. The first-order chi connectivity index (χ1) is 13.0. The summed E-state index contributed by atoms with van der Waals surface area (Å²) in [6, 6.07) is 6.41. The van der Waals surface area contributed by atoms with Gasteiger partial charge in [0.1, 0.15) is 5.82 Å². The summed E-state index contributed by atoms with van der Waals surface area (Å²) in [4.78, 5) is 27.3. The molecule has 0 unspecified atom stereocenters. The number of rotatable bonds is 4. The fourth-order valence-corrected chi connectivity index (χ4v) is 5.64. The van der Waals surface area contributed by atoms with Crippen molar-refractivity contribution in [2.24, 2.45) is 17.8 Å². The SMILES string of the molecule is C[C@H]1C[C@@H]2[C@@H](CC(=O)N2C2CCCCC2)[C@@H]1CNC(=O)c1ccc(F)cc1. The minimum Gasteiger partial charge on any atom is -0.352 e. The van der Waals surface area contributed by atoms with Gasteiger partial charge in [-0.25, -0.2) is 4.39 Å². The number of benzene rings is 1. The van der Waals surface area contributed by atoms with Gasteiger partial charge in [0.15, 0.2) is 0 Å². The minimum absolute atomic E-state index is 0.167. The Morgan fingerprint density at radius 2 is 1.89 bits per heavy atom. The molecule has 0 radical (unpaired) electrons. The number of fused-ring (bicyclic) bond motifs is 1. The second kappa shape index (κ2) is 7.61. The predicted octanol–water partition coefficient (Wildman–Crippen LogP) is 3.76. The van der Waals surface area contributed by atoms with Gasteiger partial charge >= 0.3 is 0 Å². The Kier molecular flexibility index (Phi) is 5.20. The van der Waals surface area contributed by atoms with Gasteiger partial charge in [0.2, 0.25) is 5.91 Å². The summed E-state index contributed by atoms with van der Waals surface area (Å²) in [6.07, 6.45) is 7.73. The van der Waals surface area contributed by atoms with Gasteiger partial charge in [-0.2, -0.15) is 0 Å². The normalized spacial score (nSPS) is 31.2. The molecule has 146 valence electrons. The molecule has 5 heteroatoms. The molecule has 4 rings (SSSR count). The van der Waals surface area contributed by atoms with E-state index in [1.165, 1.54) is 43.5 Å². The van der Waals surface area contributed by atoms with Crippen LogP contribution in [0.3, 0.4) is 0 Å². The standard InChI is InChI=1S/C22H29FN2O2/c1-14-11-20-18(12-21(26)25(20)17-5-3-2-4-6-17)19(14)13-24-22(27)15-7-9-16(23)10-8-15/h7-10,14,17-20H,2-6,11-13H2,1H3,(H,24,27)/t14-,18-,19+,20+/m0/s1. The Bertz CT molecular complexity index is 699. The lowest BCUT2D eigenvalue weighted by Crippen LogP contribution is -2.43. The van der Waals surface area contributed by atoms with Gasteiger partial charge < -0.3 is 10.2 Å². The van der Waals surface area contributed by atoms with Gasteiger partial charge in [0.05, 0.1) is 0 Å². The van der Waals surface area contributed by atoms with Crippen LogP contribution in [0.1, 0.15) is 62.2 Å². The maximum Gasteiger partial charge on any atom is 0.251 e. The highest BCUT2D eigenvalue weighted by molar-refractivity contribution is 5.94. The lowest BCUT2D eigenvalue weighted by molar-refractivity contribution is -0.132. The first kappa shape index (κ1) is 18.5. The Morgan fingerprint density at radius 3 is 2.59 bits per heavy atom. The van der Waals surface area contributed by atoms with E-state index in [-0.39, 0.29) is 11.7 Å². The summed E-state index contributed by atoms with van der Waals surface area (Å²) in [7, 11) is 0. The number of carbonyl (C=O) groups excluding carboxylic acids is 2. The number of hydrogen-bond donors (Lipinski definition) is 1. The summed E-state index contributed by atoms with van der Waals surface area (Å²) in [6.45, 7) is 2.83. The zero-order chi connectivity index (χ0) is 19.0. The summed E-state index contributed by atoms with van der Waals surface area (Å²) >= 11 is 0. The van der Waals surface area contributed by atoms with Crippen molar-refractivity contribution in [1.29, 1.82) is 0 Å². The summed E-state index contributed by atoms with van der Waals surface area (Å²) in [5.41, 5.74) is 0.477. The predicted molar refractivity (Wildman–Crippen MR) is 102 cm³/mol. The van der Waals surface area contributed by atoms with Crippen molar-refractivity contribution in [1.82, 2.24) is 10.2 Å². The second-order valence-corrected chi connectivity index (χ2v) is 8.62. The summed E-state index contributed by atoms with van der Waals surface area (Å²) in [5.74, 6) is 0.983. The van der Waals surface area contributed by atoms with Crippen molar-refractivity contribution in [3.05, 3.63) is 35.6 Å². The minimum atomic E-state index is -0.342. The highest BCUT2D eigenvalue weighted by Crippen LogP contribution is 2.47. The highest BCUT2D eigenvalue weighted by atomic mass is 19.1. The van der Waals surface area contributed by atoms with Gasteiger partial charge in [-0.05, 0) is 61.3 Å². The molecule has 0 bridgehead atoms. The molecule has 1 aliphatic heterocycles.